The molecule has 1 saturated heterocycles. The van der Waals surface area contributed by atoms with Crippen molar-refractivity contribution < 1.29 is 13.2 Å². The first-order chi connectivity index (χ1) is 14.1. The van der Waals surface area contributed by atoms with Crippen LogP contribution in [0.15, 0.2) is 57.4 Å². The number of nitrogens with zero attached hydrogens (tertiary/aromatic N) is 3. The van der Waals surface area contributed by atoms with Gasteiger partial charge in [0.05, 0.1) is 16.5 Å². The Morgan fingerprint density at radius 2 is 1.86 bits per heavy atom. The van der Waals surface area contributed by atoms with Gasteiger partial charge in [-0.15, -0.1) is 11.8 Å². The third-order valence-corrected chi connectivity index (χ3v) is 8.89. The number of rotatable bonds is 5. The number of thioether (sulfide) groups is 2. The van der Waals surface area contributed by atoms with Crippen molar-refractivity contribution in [3.8, 4) is 0 Å². The molecule has 1 aromatic carbocycles. The second-order valence-corrected chi connectivity index (χ2v) is 11.0. The Morgan fingerprint density at radius 1 is 1.07 bits per heavy atom. The maximum Gasteiger partial charge on any atom is 0.244 e. The Kier molecular flexibility index (Phi) is 6.48. The van der Waals surface area contributed by atoms with Gasteiger partial charge in [0.1, 0.15) is 4.90 Å². The van der Waals surface area contributed by atoms with Gasteiger partial charge in [0.25, 0.3) is 0 Å². The molecule has 9 heteroatoms. The predicted octanol–water partition coefficient (Wildman–Crippen LogP) is 3.49. The van der Waals surface area contributed by atoms with E-state index >= 15 is 0 Å². The lowest BCUT2D eigenvalue weighted by molar-refractivity contribution is -0.116. The molecular weight excluding hydrogens is 426 g/mol. The monoisotopic (exact) mass is 449 g/mol. The number of anilines is 1. The molecule has 3 heterocycles. The van der Waals surface area contributed by atoms with E-state index in [0.717, 1.165) is 35.6 Å². The van der Waals surface area contributed by atoms with Crippen molar-refractivity contribution in [2.45, 2.75) is 34.1 Å². The zero-order valence-electron chi connectivity index (χ0n) is 16.0. The van der Waals surface area contributed by atoms with Crippen molar-refractivity contribution in [2.75, 3.05) is 36.0 Å². The first kappa shape index (κ1) is 20.7. The molecule has 4 rings (SSSR count). The standard InChI is InChI=1S/C20H23N3O3S3/c24-20(23-12-13-27-18-7-3-2-6-17(18)23)15-28-19-9-8-16(14-21-19)29(25,26)22-10-4-1-5-11-22/h2-3,6-9,14H,1,4-5,10-13,15H2. The fraction of sp³-hybridized carbons (Fsp3) is 0.400. The summed E-state index contributed by atoms with van der Waals surface area (Å²) in [6, 6.07) is 11.2. The average molecular weight is 450 g/mol. The molecule has 0 saturated carbocycles. The molecule has 154 valence electrons. The lowest BCUT2D eigenvalue weighted by atomic mass is 10.2. The molecule has 0 spiro atoms. The number of amides is 1. The molecule has 2 aliphatic rings. The molecule has 1 amide bonds. The first-order valence-electron chi connectivity index (χ1n) is 9.67. The molecule has 0 unspecified atom stereocenters. The lowest BCUT2D eigenvalue weighted by Crippen LogP contribution is -2.36. The minimum Gasteiger partial charge on any atom is -0.310 e. The fourth-order valence-electron chi connectivity index (χ4n) is 3.50. The minimum atomic E-state index is -3.48. The first-order valence-corrected chi connectivity index (χ1v) is 13.1. The minimum absolute atomic E-state index is 0.0366. The number of carbonyl (C=O) groups excluding carboxylic acids is 1. The molecule has 2 aliphatic heterocycles. The lowest BCUT2D eigenvalue weighted by Gasteiger charge is -2.28. The molecule has 2 aromatic rings. The smallest absolute Gasteiger partial charge is 0.244 e. The van der Waals surface area contributed by atoms with Crippen LogP contribution >= 0.6 is 23.5 Å². The molecule has 0 bridgehead atoms. The van der Waals surface area contributed by atoms with Gasteiger partial charge >= 0.3 is 0 Å². The molecule has 0 N–H and O–H groups in total. The molecule has 0 radical (unpaired) electrons. The van der Waals surface area contributed by atoms with E-state index in [1.165, 1.54) is 22.3 Å². The number of aromatic nitrogens is 1. The Bertz CT molecular complexity index is 974. The van der Waals surface area contributed by atoms with Crippen LogP contribution in [0.25, 0.3) is 0 Å². The number of fused-ring (bicyclic) bond motifs is 1. The van der Waals surface area contributed by atoms with E-state index in [1.807, 2.05) is 29.2 Å². The summed E-state index contributed by atoms with van der Waals surface area (Å²) >= 11 is 3.10. The molecule has 1 aromatic heterocycles. The summed E-state index contributed by atoms with van der Waals surface area (Å²) in [7, 11) is -3.48. The number of pyridine rings is 1. The number of para-hydroxylation sites is 1. The molecule has 29 heavy (non-hydrogen) atoms. The highest BCUT2D eigenvalue weighted by atomic mass is 32.2. The van der Waals surface area contributed by atoms with E-state index in [-0.39, 0.29) is 16.6 Å². The second kappa shape index (κ2) is 9.07. The summed E-state index contributed by atoms with van der Waals surface area (Å²) in [5.74, 6) is 1.19. The summed E-state index contributed by atoms with van der Waals surface area (Å²) in [4.78, 5) is 20.2. The van der Waals surface area contributed by atoms with E-state index in [0.29, 0.717) is 24.7 Å². The summed E-state index contributed by atoms with van der Waals surface area (Å²) < 4.78 is 26.9. The van der Waals surface area contributed by atoms with Crippen LogP contribution in [0.5, 0.6) is 0 Å². The van der Waals surface area contributed by atoms with Crippen LogP contribution in [0.4, 0.5) is 5.69 Å². The predicted molar refractivity (Wildman–Crippen MR) is 117 cm³/mol. The van der Waals surface area contributed by atoms with Crippen molar-refractivity contribution in [1.29, 1.82) is 0 Å². The van der Waals surface area contributed by atoms with Crippen LogP contribution in [0.2, 0.25) is 0 Å². The summed E-state index contributed by atoms with van der Waals surface area (Å²) in [5, 5.41) is 0.649. The Labute approximate surface area is 180 Å². The van der Waals surface area contributed by atoms with Gasteiger partial charge in [0.2, 0.25) is 15.9 Å². The van der Waals surface area contributed by atoms with Gasteiger partial charge in [0.15, 0.2) is 0 Å². The van der Waals surface area contributed by atoms with Crippen LogP contribution in [0.1, 0.15) is 19.3 Å². The fourth-order valence-corrected chi connectivity index (χ4v) is 6.68. The van der Waals surface area contributed by atoms with Crippen molar-refractivity contribution in [1.82, 2.24) is 9.29 Å². The summed E-state index contributed by atoms with van der Waals surface area (Å²) in [6.45, 7) is 1.84. The topological polar surface area (TPSA) is 70.6 Å². The number of sulfonamides is 1. The normalized spacial score (nSPS) is 17.7. The second-order valence-electron chi connectivity index (χ2n) is 6.95. The van der Waals surface area contributed by atoms with E-state index in [9.17, 15) is 13.2 Å². The summed E-state index contributed by atoms with van der Waals surface area (Å²) in [5.41, 5.74) is 0.963. The van der Waals surface area contributed by atoms with E-state index in [4.69, 9.17) is 0 Å². The molecule has 0 atom stereocenters. The van der Waals surface area contributed by atoms with Crippen LogP contribution in [-0.4, -0.2) is 54.8 Å². The van der Waals surface area contributed by atoms with Crippen LogP contribution in [0.3, 0.4) is 0 Å². The van der Waals surface area contributed by atoms with Crippen LogP contribution in [0, 0.1) is 0 Å². The van der Waals surface area contributed by atoms with E-state index < -0.39 is 10.0 Å². The Hall–Kier alpha value is -1.55. The number of hydrogen-bond acceptors (Lipinski definition) is 6. The number of carbonyl (C=O) groups is 1. The van der Waals surface area contributed by atoms with Crippen LogP contribution < -0.4 is 4.90 Å². The number of piperidine rings is 1. The van der Waals surface area contributed by atoms with Crippen molar-refractivity contribution in [2.24, 2.45) is 0 Å². The van der Waals surface area contributed by atoms with Crippen LogP contribution in [-0.2, 0) is 14.8 Å². The highest BCUT2D eigenvalue weighted by molar-refractivity contribution is 8.00. The maximum absolute atomic E-state index is 12.7. The Balaban J connectivity index is 1.39. The third kappa shape index (κ3) is 4.63. The van der Waals surface area contributed by atoms with Gasteiger partial charge in [-0.2, -0.15) is 4.31 Å². The van der Waals surface area contributed by atoms with Crippen molar-refractivity contribution >= 4 is 45.1 Å². The van der Waals surface area contributed by atoms with Gasteiger partial charge in [0, 0.05) is 36.5 Å². The highest BCUT2D eigenvalue weighted by Crippen LogP contribution is 2.34. The SMILES string of the molecule is O=C(CSc1ccc(S(=O)(=O)N2CCCCC2)cn1)N1CCSc2ccccc21. The Morgan fingerprint density at radius 3 is 2.62 bits per heavy atom. The maximum atomic E-state index is 12.7. The largest absolute Gasteiger partial charge is 0.310 e. The molecule has 1 fully saturated rings. The number of benzene rings is 1. The van der Waals surface area contributed by atoms with Gasteiger partial charge in [-0.1, -0.05) is 30.3 Å². The highest BCUT2D eigenvalue weighted by Gasteiger charge is 2.26. The molecule has 0 aliphatic carbocycles. The quantitative estimate of drug-likeness (QED) is 0.651. The molecular formula is C20H23N3O3S3. The van der Waals surface area contributed by atoms with Crippen molar-refractivity contribution in [3.63, 3.8) is 0 Å². The zero-order valence-corrected chi connectivity index (χ0v) is 18.4. The van der Waals surface area contributed by atoms with Gasteiger partial charge < -0.3 is 4.90 Å². The average Bonchev–Trinajstić information content (AvgIpc) is 2.78. The van der Waals surface area contributed by atoms with Gasteiger partial charge in [-0.25, -0.2) is 13.4 Å². The van der Waals surface area contributed by atoms with Gasteiger partial charge in [-0.3, -0.25) is 4.79 Å². The molecule has 6 nitrogen and oxygen atoms in total. The summed E-state index contributed by atoms with van der Waals surface area (Å²) in [6.07, 6.45) is 4.29. The van der Waals surface area contributed by atoms with Gasteiger partial charge in [-0.05, 0) is 37.1 Å². The van der Waals surface area contributed by atoms with Crippen molar-refractivity contribution in [3.05, 3.63) is 42.6 Å². The van der Waals surface area contributed by atoms with E-state index in [1.54, 1.807) is 23.9 Å². The third-order valence-electron chi connectivity index (χ3n) is 5.04. The zero-order chi connectivity index (χ0) is 20.3. The number of hydrogen-bond donors (Lipinski definition) is 0. The van der Waals surface area contributed by atoms with E-state index in [2.05, 4.69) is 4.98 Å².